The zero-order chi connectivity index (χ0) is 23.7. The summed E-state index contributed by atoms with van der Waals surface area (Å²) in [6.07, 6.45) is 4.48. The fraction of sp³-hybridized carbons (Fsp3) is 0.188. The van der Waals surface area contributed by atoms with Gasteiger partial charge in [-0.15, -0.1) is 16.7 Å². The van der Waals surface area contributed by atoms with Crippen molar-refractivity contribution in [2.24, 2.45) is 0 Å². The third kappa shape index (κ3) is 6.02. The first kappa shape index (κ1) is 32.0. The predicted octanol–water partition coefficient (Wildman–Crippen LogP) is 2.95. The van der Waals surface area contributed by atoms with Gasteiger partial charge in [0.15, 0.2) is 0 Å². The van der Waals surface area contributed by atoms with Crippen molar-refractivity contribution in [2.45, 2.75) is 38.8 Å². The Bertz CT molecular complexity index is 1400. The van der Waals surface area contributed by atoms with Crippen LogP contribution in [0.3, 0.4) is 0 Å². The van der Waals surface area contributed by atoms with E-state index in [-0.39, 0.29) is 56.9 Å². The zero-order valence-corrected chi connectivity index (χ0v) is 28.0. The van der Waals surface area contributed by atoms with Crippen LogP contribution in [-0.2, 0) is 32.6 Å². The van der Waals surface area contributed by atoms with Gasteiger partial charge in [0.1, 0.15) is 0 Å². The second-order valence-corrected chi connectivity index (χ2v) is 11.0. The van der Waals surface area contributed by atoms with Crippen molar-refractivity contribution in [3.63, 3.8) is 0 Å². The number of allylic oxidation sites excluding steroid dienone is 1. The topological polar surface area (TPSA) is 0 Å². The molecule has 2 aliphatic rings. The van der Waals surface area contributed by atoms with E-state index in [0.717, 1.165) is 26.8 Å². The minimum absolute atomic E-state index is 0. The van der Waals surface area contributed by atoms with Crippen LogP contribution in [0, 0.1) is 6.07 Å². The predicted molar refractivity (Wildman–Crippen MR) is 152 cm³/mol. The summed E-state index contributed by atoms with van der Waals surface area (Å²) in [7, 11) is 0.750. The normalized spacial score (nSPS) is 13.8. The first-order valence-corrected chi connectivity index (χ1v) is 15.2. The number of fused-ring (bicyclic) bond motifs is 4. The van der Waals surface area contributed by atoms with E-state index < -0.39 is 0 Å². The number of hydrogen-bond donors (Lipinski definition) is 0. The summed E-state index contributed by atoms with van der Waals surface area (Å²) in [6, 6.07) is 32.2. The van der Waals surface area contributed by atoms with Gasteiger partial charge in [0.2, 0.25) is 0 Å². The Morgan fingerprint density at radius 3 is 2.19 bits per heavy atom. The van der Waals surface area contributed by atoms with E-state index in [1.165, 1.54) is 55.6 Å². The monoisotopic (exact) mass is 680 g/mol. The van der Waals surface area contributed by atoms with Crippen LogP contribution in [0.25, 0.3) is 28.3 Å². The summed E-state index contributed by atoms with van der Waals surface area (Å²) in [6.45, 7) is 6.70. The van der Waals surface area contributed by atoms with Crippen molar-refractivity contribution in [3.8, 4) is 22.3 Å². The Labute approximate surface area is 264 Å². The molecule has 0 nitrogen and oxygen atoms in total. The van der Waals surface area contributed by atoms with Gasteiger partial charge < -0.3 is 24.8 Å². The van der Waals surface area contributed by atoms with Crippen LogP contribution in [0.1, 0.15) is 47.1 Å². The number of benzene rings is 4. The molecule has 0 N–H and O–H groups in total. The molecule has 0 aromatic heterocycles. The molecule has 0 amide bonds. The Hall–Kier alpha value is -1.22. The Balaban J connectivity index is 0.000000767. The van der Waals surface area contributed by atoms with Crippen LogP contribution in [0.5, 0.6) is 0 Å². The third-order valence-corrected chi connectivity index (χ3v) is 7.52. The van der Waals surface area contributed by atoms with E-state index in [4.69, 9.17) is 0 Å². The smallest absolute Gasteiger partial charge is 1.00 e. The second kappa shape index (κ2) is 14.2. The molecule has 37 heavy (non-hydrogen) atoms. The first-order valence-electron chi connectivity index (χ1n) is 12.1. The molecular formula is C32H29BrCl2SiZr. The maximum Gasteiger partial charge on any atom is 3.00 e. The molecule has 0 saturated heterocycles. The molecule has 0 saturated carbocycles. The summed E-state index contributed by atoms with van der Waals surface area (Å²) in [5, 5.41) is 0. The summed E-state index contributed by atoms with van der Waals surface area (Å²) < 4.78 is 1.14. The zero-order valence-electron chi connectivity index (χ0n) is 21.3. The van der Waals surface area contributed by atoms with Gasteiger partial charge in [0.25, 0.3) is 0 Å². The van der Waals surface area contributed by atoms with E-state index in [1.807, 2.05) is 0 Å². The van der Waals surface area contributed by atoms with E-state index in [2.05, 4.69) is 127 Å². The molecule has 4 aromatic rings. The minimum atomic E-state index is 0. The maximum atomic E-state index is 3.76. The molecule has 5 heteroatoms. The Morgan fingerprint density at radius 2 is 1.49 bits per heavy atom. The van der Waals surface area contributed by atoms with Crippen molar-refractivity contribution in [1.82, 2.24) is 0 Å². The van der Waals surface area contributed by atoms with Gasteiger partial charge in [0, 0.05) is 19.9 Å². The molecule has 0 aliphatic heterocycles. The molecular weight excluding hydrogens is 654 g/mol. The molecule has 186 valence electrons. The van der Waals surface area contributed by atoms with Gasteiger partial charge in [-0.1, -0.05) is 108 Å². The van der Waals surface area contributed by atoms with E-state index in [0.29, 0.717) is 0 Å². The molecule has 2 aliphatic carbocycles. The van der Waals surface area contributed by atoms with Crippen LogP contribution >= 0.6 is 15.9 Å². The summed E-state index contributed by atoms with van der Waals surface area (Å²) in [5.41, 5.74) is 13.8. The van der Waals surface area contributed by atoms with Crippen molar-refractivity contribution in [1.29, 1.82) is 0 Å². The molecule has 1 atom stereocenters. The largest absolute Gasteiger partial charge is 3.00 e. The molecule has 0 heterocycles. The fourth-order valence-electron chi connectivity index (χ4n) is 5.40. The third-order valence-electron chi connectivity index (χ3n) is 6.83. The van der Waals surface area contributed by atoms with Crippen molar-refractivity contribution < 1.29 is 51.0 Å². The standard InChI is InChI=1S/C30H22Br.C2H7Si.2ClH.Zr/c1-2-19-17-27-23(24-11-5-6-16-29(24)31)13-8-15-25(27)30(19)26-14-7-12-22-21-10-4-3-9-20(21)18-28(22)26;1-3-2;;;/h3-13,15-17,30H,2,18H2,1H3;3H,1-2H3;2*1H;/q-1;;;;+3/p-2. The molecule has 1 unspecified atom stereocenters. The van der Waals surface area contributed by atoms with Crippen LogP contribution in [0.2, 0.25) is 13.1 Å². The average molecular weight is 684 g/mol. The first-order chi connectivity index (χ1) is 16.7. The fourth-order valence-corrected chi connectivity index (χ4v) is 5.90. The van der Waals surface area contributed by atoms with Gasteiger partial charge in [0.05, 0.1) is 0 Å². The molecule has 2 radical (unpaired) electrons. The van der Waals surface area contributed by atoms with Gasteiger partial charge in [-0.2, -0.15) is 18.2 Å². The molecule has 6 rings (SSSR count). The van der Waals surface area contributed by atoms with Gasteiger partial charge in [-0.3, -0.25) is 0 Å². The quantitative estimate of drug-likeness (QED) is 0.203. The summed E-state index contributed by atoms with van der Waals surface area (Å²) >= 11 is 3.76. The maximum absolute atomic E-state index is 3.76. The second-order valence-electron chi connectivity index (χ2n) is 8.99. The molecule has 0 bridgehead atoms. The molecule has 4 aromatic carbocycles. The Morgan fingerprint density at radius 1 is 0.838 bits per heavy atom. The summed E-state index contributed by atoms with van der Waals surface area (Å²) in [5.74, 6) is 0.284. The van der Waals surface area contributed by atoms with Crippen LogP contribution in [0.4, 0.5) is 0 Å². The van der Waals surface area contributed by atoms with Crippen LogP contribution in [-0.4, -0.2) is 9.52 Å². The van der Waals surface area contributed by atoms with Crippen LogP contribution in [0.15, 0.2) is 88.9 Å². The number of rotatable bonds is 3. The van der Waals surface area contributed by atoms with Crippen LogP contribution < -0.4 is 24.8 Å². The average Bonchev–Trinajstić information content (AvgIpc) is 3.43. The van der Waals surface area contributed by atoms with Gasteiger partial charge >= 0.3 is 26.2 Å². The Kier molecular flexibility index (Phi) is 12.3. The minimum Gasteiger partial charge on any atom is -1.00 e. The van der Waals surface area contributed by atoms with E-state index in [9.17, 15) is 0 Å². The van der Waals surface area contributed by atoms with Gasteiger partial charge in [-0.05, 0) is 52.3 Å². The van der Waals surface area contributed by atoms with Crippen molar-refractivity contribution >= 4 is 31.5 Å². The van der Waals surface area contributed by atoms with E-state index >= 15 is 0 Å². The number of hydrogen-bond acceptors (Lipinski definition) is 0. The SMILES string of the molecule is CCC1=Cc2c(-c3ccccc3Br)cccc2C1c1[c-]ccc2c1Cc1ccccc1-2.C[SiH]C.[Cl-].[Cl-].[Zr+3]. The van der Waals surface area contributed by atoms with Crippen molar-refractivity contribution in [2.75, 3.05) is 0 Å². The number of halogens is 3. The van der Waals surface area contributed by atoms with E-state index in [1.54, 1.807) is 0 Å². The molecule has 0 spiro atoms. The van der Waals surface area contributed by atoms with Gasteiger partial charge in [-0.25, -0.2) is 0 Å². The molecule has 0 fully saturated rings. The van der Waals surface area contributed by atoms with Crippen molar-refractivity contribution in [3.05, 3.63) is 123 Å². The summed E-state index contributed by atoms with van der Waals surface area (Å²) in [4.78, 5) is 0.